The van der Waals surface area contributed by atoms with Gasteiger partial charge in [-0.2, -0.15) is 0 Å². The van der Waals surface area contributed by atoms with Crippen molar-refractivity contribution < 1.29 is 18.9 Å². The molecule has 1 aliphatic heterocycles. The lowest BCUT2D eigenvalue weighted by Gasteiger charge is -2.21. The summed E-state index contributed by atoms with van der Waals surface area (Å²) < 4.78 is 22.1. The van der Waals surface area contributed by atoms with Gasteiger partial charge in [0.1, 0.15) is 0 Å². The maximum absolute atomic E-state index is 5.81. The maximum Gasteiger partial charge on any atom is 0.191 e. The Morgan fingerprint density at radius 3 is 2.67 bits per heavy atom. The number of hydrogen-bond acceptors (Lipinski definition) is 5. The fourth-order valence-corrected chi connectivity index (χ4v) is 3.23. The van der Waals surface area contributed by atoms with Gasteiger partial charge >= 0.3 is 0 Å². The van der Waals surface area contributed by atoms with Gasteiger partial charge in [0.25, 0.3) is 0 Å². The van der Waals surface area contributed by atoms with Crippen LogP contribution in [0.3, 0.4) is 0 Å². The second kappa shape index (κ2) is 16.1. The average molecular weight is 422 g/mol. The summed E-state index contributed by atoms with van der Waals surface area (Å²) in [6, 6.07) is 8.40. The van der Waals surface area contributed by atoms with Crippen molar-refractivity contribution >= 4 is 5.96 Å². The third-order valence-electron chi connectivity index (χ3n) is 4.97. The van der Waals surface area contributed by atoms with Gasteiger partial charge in [0.2, 0.25) is 0 Å². The molecule has 0 radical (unpaired) electrons. The number of nitrogens with zero attached hydrogens (tertiary/aromatic N) is 1. The van der Waals surface area contributed by atoms with Crippen molar-refractivity contribution in [1.82, 2.24) is 10.6 Å². The highest BCUT2D eigenvalue weighted by Crippen LogP contribution is 2.14. The number of rotatable bonds is 14. The Hall–Kier alpha value is -1.67. The average Bonchev–Trinajstić information content (AvgIpc) is 2.79. The summed E-state index contributed by atoms with van der Waals surface area (Å²) in [6.07, 6.45) is 3.20. The molecule has 7 nitrogen and oxygen atoms in total. The molecule has 30 heavy (non-hydrogen) atoms. The third kappa shape index (κ3) is 10.9. The molecule has 0 bridgehead atoms. The number of guanidine groups is 1. The van der Waals surface area contributed by atoms with E-state index in [9.17, 15) is 0 Å². The summed E-state index contributed by atoms with van der Waals surface area (Å²) in [5.41, 5.74) is 2.36. The van der Waals surface area contributed by atoms with Crippen LogP contribution >= 0.6 is 0 Å². The Labute approximate surface area is 181 Å². The van der Waals surface area contributed by atoms with Gasteiger partial charge in [-0.15, -0.1) is 0 Å². The van der Waals surface area contributed by atoms with Crippen LogP contribution in [-0.4, -0.2) is 65.8 Å². The van der Waals surface area contributed by atoms with Gasteiger partial charge in [0.05, 0.1) is 19.8 Å². The number of nitrogens with one attached hydrogen (secondary N) is 2. The molecule has 0 amide bonds. The van der Waals surface area contributed by atoms with Crippen LogP contribution in [0, 0.1) is 5.92 Å². The lowest BCUT2D eigenvalue weighted by Crippen LogP contribution is -2.37. The van der Waals surface area contributed by atoms with Gasteiger partial charge in [-0.05, 0) is 43.2 Å². The van der Waals surface area contributed by atoms with E-state index in [1.54, 1.807) is 7.05 Å². The fourth-order valence-electron chi connectivity index (χ4n) is 3.23. The van der Waals surface area contributed by atoms with E-state index in [1.165, 1.54) is 5.56 Å². The number of benzene rings is 1. The second-order valence-corrected chi connectivity index (χ2v) is 7.41. The summed E-state index contributed by atoms with van der Waals surface area (Å²) in [7, 11) is 1.79. The van der Waals surface area contributed by atoms with Crippen molar-refractivity contribution in [3.8, 4) is 0 Å². The predicted molar refractivity (Wildman–Crippen MR) is 120 cm³/mol. The van der Waals surface area contributed by atoms with E-state index >= 15 is 0 Å². The Morgan fingerprint density at radius 1 is 1.07 bits per heavy atom. The smallest absolute Gasteiger partial charge is 0.191 e. The van der Waals surface area contributed by atoms with Crippen molar-refractivity contribution in [3.05, 3.63) is 35.4 Å². The molecule has 2 rings (SSSR count). The summed E-state index contributed by atoms with van der Waals surface area (Å²) >= 11 is 0. The molecule has 0 aromatic heterocycles. The molecule has 1 aromatic rings. The minimum atomic E-state index is 0.599. The van der Waals surface area contributed by atoms with Gasteiger partial charge in [0.15, 0.2) is 5.96 Å². The number of aliphatic imine (C=N–C) groups is 1. The fraction of sp³-hybridized carbons (Fsp3) is 0.696. The van der Waals surface area contributed by atoms with E-state index < -0.39 is 0 Å². The van der Waals surface area contributed by atoms with Crippen molar-refractivity contribution in [2.75, 3.05) is 59.8 Å². The molecule has 1 aliphatic rings. The Kier molecular flexibility index (Phi) is 13.2. The molecule has 0 unspecified atom stereocenters. The van der Waals surface area contributed by atoms with Gasteiger partial charge < -0.3 is 29.6 Å². The van der Waals surface area contributed by atoms with Crippen LogP contribution in [0.15, 0.2) is 29.3 Å². The molecule has 1 saturated heterocycles. The predicted octanol–water partition coefficient (Wildman–Crippen LogP) is 2.74. The second-order valence-electron chi connectivity index (χ2n) is 7.41. The molecule has 1 heterocycles. The highest BCUT2D eigenvalue weighted by molar-refractivity contribution is 5.79. The van der Waals surface area contributed by atoms with Crippen LogP contribution in [0.25, 0.3) is 0 Å². The maximum atomic E-state index is 5.81. The molecule has 170 valence electrons. The van der Waals surface area contributed by atoms with E-state index in [2.05, 4.69) is 39.9 Å². The molecule has 1 aromatic carbocycles. The van der Waals surface area contributed by atoms with E-state index in [0.717, 1.165) is 70.4 Å². The molecule has 1 fully saturated rings. The third-order valence-corrected chi connectivity index (χ3v) is 4.97. The minimum Gasteiger partial charge on any atom is -0.381 e. The zero-order chi connectivity index (χ0) is 21.3. The minimum absolute atomic E-state index is 0.599. The molecule has 0 saturated carbocycles. The summed E-state index contributed by atoms with van der Waals surface area (Å²) in [4.78, 5) is 4.30. The van der Waals surface area contributed by atoms with Crippen LogP contribution < -0.4 is 10.6 Å². The van der Waals surface area contributed by atoms with Crippen molar-refractivity contribution in [3.63, 3.8) is 0 Å². The zero-order valence-corrected chi connectivity index (χ0v) is 18.7. The van der Waals surface area contributed by atoms with Gasteiger partial charge in [-0.25, -0.2) is 0 Å². The first-order valence-corrected chi connectivity index (χ1v) is 11.1. The van der Waals surface area contributed by atoms with E-state index in [-0.39, 0.29) is 0 Å². The summed E-state index contributed by atoms with van der Waals surface area (Å²) in [5, 5.41) is 6.71. The highest BCUT2D eigenvalue weighted by Gasteiger charge is 2.13. The van der Waals surface area contributed by atoms with Crippen molar-refractivity contribution in [1.29, 1.82) is 0 Å². The van der Waals surface area contributed by atoms with E-state index in [4.69, 9.17) is 18.9 Å². The monoisotopic (exact) mass is 421 g/mol. The molecule has 0 spiro atoms. The SMILES string of the molecule is CCOCCOCc1cccc(CNC(=NC)NCCCOCC2CCOCC2)c1. The van der Waals surface area contributed by atoms with Crippen LogP contribution in [0.2, 0.25) is 0 Å². The van der Waals surface area contributed by atoms with E-state index in [1.807, 2.05) is 6.92 Å². The quantitative estimate of drug-likeness (QED) is 0.273. The highest BCUT2D eigenvalue weighted by atomic mass is 16.5. The first-order chi connectivity index (χ1) is 14.8. The Morgan fingerprint density at radius 2 is 1.87 bits per heavy atom. The standard InChI is InChI=1S/C23H39N3O4/c1-3-27-14-15-30-19-22-7-4-6-21(16-22)17-26-23(24-2)25-10-5-11-29-18-20-8-12-28-13-9-20/h4,6-7,16,20H,3,5,8-15,17-19H2,1-2H3,(H2,24,25,26). The number of ether oxygens (including phenoxy) is 4. The molecule has 0 atom stereocenters. The van der Waals surface area contributed by atoms with Crippen LogP contribution in [-0.2, 0) is 32.1 Å². The summed E-state index contributed by atoms with van der Waals surface area (Å²) in [5.74, 6) is 1.46. The molecule has 0 aliphatic carbocycles. The lowest BCUT2D eigenvalue weighted by atomic mass is 10.0. The van der Waals surface area contributed by atoms with Crippen LogP contribution in [0.1, 0.15) is 37.3 Å². The molecular weight excluding hydrogens is 382 g/mol. The van der Waals surface area contributed by atoms with Crippen molar-refractivity contribution in [2.24, 2.45) is 10.9 Å². The Bertz CT molecular complexity index is 592. The summed E-state index contributed by atoms with van der Waals surface area (Å²) in [6.45, 7) is 9.49. The van der Waals surface area contributed by atoms with Gasteiger partial charge in [-0.1, -0.05) is 24.3 Å². The largest absolute Gasteiger partial charge is 0.381 e. The first kappa shape index (κ1) is 24.6. The normalized spacial score (nSPS) is 15.3. The van der Waals surface area contributed by atoms with Crippen molar-refractivity contribution in [2.45, 2.75) is 39.3 Å². The number of hydrogen-bond donors (Lipinski definition) is 2. The van der Waals surface area contributed by atoms with Crippen LogP contribution in [0.5, 0.6) is 0 Å². The van der Waals surface area contributed by atoms with Gasteiger partial charge in [0, 0.05) is 53.2 Å². The molecular formula is C23H39N3O4. The molecule has 7 heteroatoms. The topological polar surface area (TPSA) is 73.3 Å². The van der Waals surface area contributed by atoms with E-state index in [0.29, 0.717) is 32.3 Å². The Balaban J connectivity index is 1.56. The lowest BCUT2D eigenvalue weighted by molar-refractivity contribution is 0.0203. The molecule has 2 N–H and O–H groups in total. The first-order valence-electron chi connectivity index (χ1n) is 11.1. The van der Waals surface area contributed by atoms with Gasteiger partial charge in [-0.3, -0.25) is 4.99 Å². The zero-order valence-electron chi connectivity index (χ0n) is 18.7. The van der Waals surface area contributed by atoms with Crippen LogP contribution in [0.4, 0.5) is 0 Å².